The zero-order valence-corrected chi connectivity index (χ0v) is 15.5. The monoisotopic (exact) mass is 364 g/mol. The first-order valence-corrected chi connectivity index (χ1v) is 9.40. The predicted molar refractivity (Wildman–Crippen MR) is 105 cm³/mol. The van der Waals surface area contributed by atoms with E-state index in [2.05, 4.69) is 34.9 Å². The molecule has 2 rings (SSSR count). The molecule has 4 heteroatoms. The summed E-state index contributed by atoms with van der Waals surface area (Å²) >= 11 is 11.8. The lowest BCUT2D eigenvalue weighted by atomic mass is 10.1. The Bertz CT molecular complexity index is 514. The van der Waals surface area contributed by atoms with Gasteiger partial charge in [0.05, 0.1) is 0 Å². The van der Waals surface area contributed by atoms with Crippen molar-refractivity contribution >= 4 is 23.2 Å². The molecule has 2 aromatic carbocycles. The van der Waals surface area contributed by atoms with Crippen LogP contribution in [0, 0.1) is 0 Å². The number of benzene rings is 2. The molecule has 0 heterocycles. The summed E-state index contributed by atoms with van der Waals surface area (Å²) in [6.07, 6.45) is 5.00. The van der Waals surface area contributed by atoms with Crippen LogP contribution in [0.25, 0.3) is 0 Å². The summed E-state index contributed by atoms with van der Waals surface area (Å²) in [5.41, 5.74) is 2.57. The van der Waals surface area contributed by atoms with Gasteiger partial charge < -0.3 is 10.6 Å². The summed E-state index contributed by atoms with van der Waals surface area (Å²) in [6.45, 7) is 3.97. The zero-order chi connectivity index (χ0) is 17.0. The second-order valence-corrected chi connectivity index (χ2v) is 6.89. The number of hydrogen-bond donors (Lipinski definition) is 2. The van der Waals surface area contributed by atoms with Gasteiger partial charge in [0.1, 0.15) is 0 Å². The van der Waals surface area contributed by atoms with E-state index in [1.807, 2.05) is 24.3 Å². The predicted octanol–water partition coefficient (Wildman–Crippen LogP) is 5.43. The lowest BCUT2D eigenvalue weighted by molar-refractivity contribution is 0.563. The third-order valence-electron chi connectivity index (χ3n) is 3.94. The molecule has 0 amide bonds. The lowest BCUT2D eigenvalue weighted by Gasteiger charge is -2.06. The molecule has 0 spiro atoms. The molecule has 0 aliphatic heterocycles. The van der Waals surface area contributed by atoms with E-state index in [0.29, 0.717) is 0 Å². The molecule has 2 N–H and O–H groups in total. The molecule has 0 saturated carbocycles. The summed E-state index contributed by atoms with van der Waals surface area (Å²) in [5, 5.41) is 8.55. The van der Waals surface area contributed by atoms with E-state index in [1.165, 1.54) is 36.8 Å². The van der Waals surface area contributed by atoms with Gasteiger partial charge in [-0.25, -0.2) is 0 Å². The number of halogens is 2. The van der Waals surface area contributed by atoms with Crippen LogP contribution in [0.4, 0.5) is 0 Å². The van der Waals surface area contributed by atoms with E-state index in [0.717, 1.165) is 36.2 Å². The highest BCUT2D eigenvalue weighted by molar-refractivity contribution is 6.30. The van der Waals surface area contributed by atoms with Gasteiger partial charge in [0.2, 0.25) is 0 Å². The lowest BCUT2D eigenvalue weighted by Crippen LogP contribution is -2.16. The second kappa shape index (κ2) is 11.5. The fraction of sp³-hybridized carbons (Fsp3) is 0.400. The van der Waals surface area contributed by atoms with Gasteiger partial charge in [-0.2, -0.15) is 0 Å². The third kappa shape index (κ3) is 8.16. The molecule has 0 aliphatic rings. The van der Waals surface area contributed by atoms with Gasteiger partial charge >= 0.3 is 0 Å². The minimum absolute atomic E-state index is 0.795. The Labute approximate surface area is 155 Å². The van der Waals surface area contributed by atoms with Crippen molar-refractivity contribution in [3.05, 3.63) is 69.7 Å². The van der Waals surface area contributed by atoms with E-state index in [1.54, 1.807) is 0 Å². The maximum atomic E-state index is 5.88. The topological polar surface area (TPSA) is 24.1 Å². The van der Waals surface area contributed by atoms with E-state index in [4.69, 9.17) is 23.2 Å². The van der Waals surface area contributed by atoms with Crippen molar-refractivity contribution < 1.29 is 0 Å². The molecule has 0 unspecified atom stereocenters. The highest BCUT2D eigenvalue weighted by Crippen LogP contribution is 2.10. The van der Waals surface area contributed by atoms with E-state index < -0.39 is 0 Å². The number of hydrogen-bond acceptors (Lipinski definition) is 2. The van der Waals surface area contributed by atoms with Crippen molar-refractivity contribution in [1.29, 1.82) is 0 Å². The number of rotatable bonds is 11. The molecule has 130 valence electrons. The van der Waals surface area contributed by atoms with Crippen molar-refractivity contribution in [2.24, 2.45) is 0 Å². The largest absolute Gasteiger partial charge is 0.313 e. The van der Waals surface area contributed by atoms with Crippen molar-refractivity contribution in [3.8, 4) is 0 Å². The fourth-order valence-corrected chi connectivity index (χ4v) is 2.78. The van der Waals surface area contributed by atoms with Crippen LogP contribution in [-0.4, -0.2) is 13.1 Å². The van der Waals surface area contributed by atoms with Crippen LogP contribution in [0.5, 0.6) is 0 Å². The highest BCUT2D eigenvalue weighted by atomic mass is 35.5. The summed E-state index contributed by atoms with van der Waals surface area (Å²) in [4.78, 5) is 0. The average molecular weight is 365 g/mol. The Kier molecular flexibility index (Phi) is 9.22. The average Bonchev–Trinajstić information content (AvgIpc) is 2.60. The Morgan fingerprint density at radius 3 is 1.29 bits per heavy atom. The normalized spacial score (nSPS) is 10.9. The van der Waals surface area contributed by atoms with Crippen LogP contribution in [-0.2, 0) is 13.1 Å². The Hall–Kier alpha value is -1.06. The summed E-state index contributed by atoms with van der Waals surface area (Å²) < 4.78 is 0. The van der Waals surface area contributed by atoms with E-state index in [-0.39, 0.29) is 0 Å². The summed E-state index contributed by atoms with van der Waals surface area (Å²) in [5.74, 6) is 0. The van der Waals surface area contributed by atoms with Gasteiger partial charge in [-0.1, -0.05) is 60.3 Å². The van der Waals surface area contributed by atoms with Crippen LogP contribution in [0.15, 0.2) is 48.5 Å². The standard InChI is InChI=1S/C20H26Cl2N2/c21-19-9-5-17(6-10-19)15-23-13-3-1-2-4-14-24-16-18-7-11-20(22)12-8-18/h5-12,23-24H,1-4,13-16H2. The molecule has 0 fully saturated rings. The molecule has 0 radical (unpaired) electrons. The highest BCUT2D eigenvalue weighted by Gasteiger charge is 1.95. The molecule has 0 aromatic heterocycles. The Morgan fingerprint density at radius 2 is 0.917 bits per heavy atom. The SMILES string of the molecule is Clc1ccc(CNCCCCCCNCc2ccc(Cl)cc2)cc1. The fourth-order valence-electron chi connectivity index (χ4n) is 2.52. The summed E-state index contributed by atoms with van der Waals surface area (Å²) in [7, 11) is 0. The quantitative estimate of drug-likeness (QED) is 0.519. The smallest absolute Gasteiger partial charge is 0.0406 e. The molecule has 0 aliphatic carbocycles. The van der Waals surface area contributed by atoms with Crippen LogP contribution in [0.1, 0.15) is 36.8 Å². The van der Waals surface area contributed by atoms with Gasteiger partial charge in [0.25, 0.3) is 0 Å². The molecule has 0 saturated heterocycles. The van der Waals surface area contributed by atoms with Crippen LogP contribution >= 0.6 is 23.2 Å². The van der Waals surface area contributed by atoms with Gasteiger partial charge in [-0.05, 0) is 61.3 Å². The van der Waals surface area contributed by atoms with Gasteiger partial charge in [0, 0.05) is 23.1 Å². The van der Waals surface area contributed by atoms with Gasteiger partial charge in [-0.3, -0.25) is 0 Å². The molecular weight excluding hydrogens is 339 g/mol. The molecule has 24 heavy (non-hydrogen) atoms. The maximum Gasteiger partial charge on any atom is 0.0406 e. The maximum absolute atomic E-state index is 5.88. The number of nitrogens with one attached hydrogen (secondary N) is 2. The zero-order valence-electron chi connectivity index (χ0n) is 14.0. The molecule has 0 bridgehead atoms. The minimum atomic E-state index is 0.795. The van der Waals surface area contributed by atoms with Crippen molar-refractivity contribution in [1.82, 2.24) is 10.6 Å². The second-order valence-electron chi connectivity index (χ2n) is 6.02. The minimum Gasteiger partial charge on any atom is -0.313 e. The van der Waals surface area contributed by atoms with Crippen molar-refractivity contribution in [2.75, 3.05) is 13.1 Å². The first-order valence-electron chi connectivity index (χ1n) is 8.64. The molecule has 2 nitrogen and oxygen atoms in total. The van der Waals surface area contributed by atoms with Gasteiger partial charge in [0.15, 0.2) is 0 Å². The third-order valence-corrected chi connectivity index (χ3v) is 4.45. The van der Waals surface area contributed by atoms with E-state index >= 15 is 0 Å². The molecule has 0 atom stereocenters. The molecule has 2 aromatic rings. The van der Waals surface area contributed by atoms with Crippen LogP contribution in [0.2, 0.25) is 10.0 Å². The Morgan fingerprint density at radius 1 is 0.542 bits per heavy atom. The first kappa shape index (κ1) is 19.3. The first-order chi connectivity index (χ1) is 11.7. The number of unbranched alkanes of at least 4 members (excludes halogenated alkanes) is 3. The van der Waals surface area contributed by atoms with Crippen LogP contribution < -0.4 is 10.6 Å². The van der Waals surface area contributed by atoms with Crippen molar-refractivity contribution in [2.45, 2.75) is 38.8 Å². The Balaban J connectivity index is 1.40. The summed E-state index contributed by atoms with van der Waals surface area (Å²) in [6, 6.07) is 16.0. The van der Waals surface area contributed by atoms with E-state index in [9.17, 15) is 0 Å². The molecular formula is C20H26Cl2N2. The van der Waals surface area contributed by atoms with Crippen LogP contribution in [0.3, 0.4) is 0 Å². The van der Waals surface area contributed by atoms with Crippen molar-refractivity contribution in [3.63, 3.8) is 0 Å². The van der Waals surface area contributed by atoms with Gasteiger partial charge in [-0.15, -0.1) is 0 Å².